The zero-order valence-electron chi connectivity index (χ0n) is 9.27. The molecular formula is C11H13FN4O. The summed E-state index contributed by atoms with van der Waals surface area (Å²) >= 11 is 0. The molecule has 0 radical (unpaired) electrons. The molecule has 2 unspecified atom stereocenters. The van der Waals surface area contributed by atoms with Gasteiger partial charge in [0.15, 0.2) is 0 Å². The van der Waals surface area contributed by atoms with E-state index in [0.717, 1.165) is 19.4 Å². The molecule has 0 aromatic carbocycles. The van der Waals surface area contributed by atoms with E-state index in [2.05, 4.69) is 15.3 Å². The van der Waals surface area contributed by atoms with Crippen LogP contribution in [-0.2, 0) is 4.79 Å². The Morgan fingerprint density at radius 1 is 1.47 bits per heavy atom. The summed E-state index contributed by atoms with van der Waals surface area (Å²) in [6.45, 7) is 1.43. The van der Waals surface area contributed by atoms with Crippen LogP contribution in [0.15, 0.2) is 12.4 Å². The van der Waals surface area contributed by atoms with Crippen LogP contribution in [0.5, 0.6) is 0 Å². The van der Waals surface area contributed by atoms with Crippen LogP contribution in [0.2, 0.25) is 0 Å². The number of rotatable bonds is 1. The van der Waals surface area contributed by atoms with Gasteiger partial charge >= 0.3 is 0 Å². The van der Waals surface area contributed by atoms with Crippen LogP contribution >= 0.6 is 0 Å². The van der Waals surface area contributed by atoms with E-state index in [-0.39, 0.29) is 17.9 Å². The largest absolute Gasteiger partial charge is 0.354 e. The highest BCUT2D eigenvalue weighted by Gasteiger charge is 2.41. The Balaban J connectivity index is 1.90. The maximum absolute atomic E-state index is 13.1. The van der Waals surface area contributed by atoms with Gasteiger partial charge in [0.25, 0.3) is 0 Å². The molecule has 2 aliphatic rings. The zero-order chi connectivity index (χ0) is 11.8. The zero-order valence-corrected chi connectivity index (χ0v) is 9.27. The molecule has 0 saturated carbocycles. The SMILES string of the molecule is O=C1NCC2C1CCCN2c1cc(F)ncn1. The average Bonchev–Trinajstić information content (AvgIpc) is 2.71. The lowest BCUT2D eigenvalue weighted by molar-refractivity contribution is -0.122. The first-order valence-electron chi connectivity index (χ1n) is 5.77. The van der Waals surface area contributed by atoms with Crippen molar-refractivity contribution < 1.29 is 9.18 Å². The number of hydrogen-bond acceptors (Lipinski definition) is 4. The number of hydrogen-bond donors (Lipinski definition) is 1. The predicted octanol–water partition coefficient (Wildman–Crippen LogP) is 0.330. The first-order valence-corrected chi connectivity index (χ1v) is 5.77. The summed E-state index contributed by atoms with van der Waals surface area (Å²) in [4.78, 5) is 21.2. The topological polar surface area (TPSA) is 58.1 Å². The van der Waals surface area contributed by atoms with E-state index in [1.54, 1.807) is 0 Å². The van der Waals surface area contributed by atoms with Gasteiger partial charge in [-0.3, -0.25) is 4.79 Å². The minimum atomic E-state index is -0.533. The van der Waals surface area contributed by atoms with Gasteiger partial charge in [-0.15, -0.1) is 0 Å². The minimum absolute atomic E-state index is 0.0155. The summed E-state index contributed by atoms with van der Waals surface area (Å²) in [6.07, 6.45) is 3.05. The van der Waals surface area contributed by atoms with Crippen LogP contribution in [0, 0.1) is 11.9 Å². The lowest BCUT2D eigenvalue weighted by Crippen LogP contribution is -2.46. The summed E-state index contributed by atoms with van der Waals surface area (Å²) in [5.74, 6) is 0.161. The molecule has 6 heteroatoms. The van der Waals surface area contributed by atoms with Crippen LogP contribution in [0.3, 0.4) is 0 Å². The molecule has 2 atom stereocenters. The average molecular weight is 236 g/mol. The van der Waals surface area contributed by atoms with Gasteiger partial charge in [-0.25, -0.2) is 9.97 Å². The van der Waals surface area contributed by atoms with Gasteiger partial charge in [0, 0.05) is 19.2 Å². The Morgan fingerprint density at radius 3 is 3.18 bits per heavy atom. The van der Waals surface area contributed by atoms with Crippen molar-refractivity contribution in [3.8, 4) is 0 Å². The highest BCUT2D eigenvalue weighted by atomic mass is 19.1. The molecule has 2 aliphatic heterocycles. The molecule has 2 saturated heterocycles. The Labute approximate surface area is 98.1 Å². The van der Waals surface area contributed by atoms with Crippen molar-refractivity contribution in [1.29, 1.82) is 0 Å². The summed E-state index contributed by atoms with van der Waals surface area (Å²) in [5.41, 5.74) is 0. The smallest absolute Gasteiger partial charge is 0.225 e. The second kappa shape index (κ2) is 3.94. The molecule has 0 bridgehead atoms. The van der Waals surface area contributed by atoms with E-state index < -0.39 is 5.95 Å². The van der Waals surface area contributed by atoms with E-state index in [4.69, 9.17) is 0 Å². The van der Waals surface area contributed by atoms with Gasteiger partial charge in [0.1, 0.15) is 12.1 Å². The van der Waals surface area contributed by atoms with E-state index in [0.29, 0.717) is 12.4 Å². The summed E-state index contributed by atoms with van der Waals surface area (Å²) in [6, 6.07) is 1.43. The molecule has 17 heavy (non-hydrogen) atoms. The highest BCUT2D eigenvalue weighted by Crippen LogP contribution is 2.30. The number of nitrogens with one attached hydrogen (secondary N) is 1. The molecule has 3 heterocycles. The third-order valence-electron chi connectivity index (χ3n) is 3.51. The van der Waals surface area contributed by atoms with Crippen molar-refractivity contribution in [2.24, 2.45) is 5.92 Å². The number of anilines is 1. The Hall–Kier alpha value is -1.72. The molecule has 90 valence electrons. The molecule has 1 aromatic heterocycles. The van der Waals surface area contributed by atoms with Crippen LogP contribution in [0.4, 0.5) is 10.2 Å². The predicted molar refractivity (Wildman–Crippen MR) is 58.9 cm³/mol. The third kappa shape index (κ3) is 1.73. The lowest BCUT2D eigenvalue weighted by atomic mass is 9.91. The van der Waals surface area contributed by atoms with Gasteiger partial charge in [-0.1, -0.05) is 0 Å². The Morgan fingerprint density at radius 2 is 2.35 bits per heavy atom. The van der Waals surface area contributed by atoms with E-state index in [1.807, 2.05) is 4.90 Å². The number of fused-ring (bicyclic) bond motifs is 1. The van der Waals surface area contributed by atoms with E-state index in [9.17, 15) is 9.18 Å². The molecule has 3 rings (SSSR count). The molecule has 1 amide bonds. The highest BCUT2D eigenvalue weighted by molar-refractivity contribution is 5.83. The summed E-state index contributed by atoms with van der Waals surface area (Å²) < 4.78 is 13.1. The van der Waals surface area contributed by atoms with Crippen LogP contribution < -0.4 is 10.2 Å². The third-order valence-corrected chi connectivity index (χ3v) is 3.51. The Kier molecular flexibility index (Phi) is 2.42. The van der Waals surface area contributed by atoms with Gasteiger partial charge in [0.05, 0.1) is 12.0 Å². The monoisotopic (exact) mass is 236 g/mol. The van der Waals surface area contributed by atoms with Crippen molar-refractivity contribution in [1.82, 2.24) is 15.3 Å². The van der Waals surface area contributed by atoms with Gasteiger partial charge in [-0.05, 0) is 12.8 Å². The summed E-state index contributed by atoms with van der Waals surface area (Å²) in [5, 5.41) is 2.86. The summed E-state index contributed by atoms with van der Waals surface area (Å²) in [7, 11) is 0. The number of piperidine rings is 1. The molecule has 1 N–H and O–H groups in total. The maximum atomic E-state index is 13.1. The van der Waals surface area contributed by atoms with E-state index >= 15 is 0 Å². The number of aromatic nitrogens is 2. The van der Waals surface area contributed by atoms with Crippen LogP contribution in [0.25, 0.3) is 0 Å². The molecule has 5 nitrogen and oxygen atoms in total. The number of carbonyl (C=O) groups is 1. The molecular weight excluding hydrogens is 223 g/mol. The normalized spacial score (nSPS) is 27.8. The number of nitrogens with zero attached hydrogens (tertiary/aromatic N) is 3. The second-order valence-electron chi connectivity index (χ2n) is 4.45. The van der Waals surface area contributed by atoms with E-state index in [1.165, 1.54) is 12.4 Å². The first kappa shape index (κ1) is 10.4. The van der Waals surface area contributed by atoms with Crippen LogP contribution in [0.1, 0.15) is 12.8 Å². The lowest BCUT2D eigenvalue weighted by Gasteiger charge is -2.36. The quantitative estimate of drug-likeness (QED) is 0.714. The molecule has 0 aliphatic carbocycles. The minimum Gasteiger partial charge on any atom is -0.354 e. The van der Waals surface area contributed by atoms with Crippen molar-refractivity contribution in [3.05, 3.63) is 18.3 Å². The number of carbonyl (C=O) groups excluding carboxylic acids is 1. The van der Waals surface area contributed by atoms with Gasteiger partial charge in [-0.2, -0.15) is 4.39 Å². The Bertz CT molecular complexity index is 453. The fourth-order valence-electron chi connectivity index (χ4n) is 2.72. The molecule has 1 aromatic rings. The molecule has 2 fully saturated rings. The number of halogens is 1. The fraction of sp³-hybridized carbons (Fsp3) is 0.545. The number of amides is 1. The van der Waals surface area contributed by atoms with Gasteiger partial charge < -0.3 is 10.2 Å². The van der Waals surface area contributed by atoms with Crippen molar-refractivity contribution in [3.63, 3.8) is 0 Å². The standard InChI is InChI=1S/C11H13FN4O/c12-9-4-10(15-6-14-9)16-3-1-2-7-8(16)5-13-11(7)17/h4,6-8H,1-3,5H2,(H,13,17). The van der Waals surface area contributed by atoms with Crippen molar-refractivity contribution in [2.45, 2.75) is 18.9 Å². The first-order chi connectivity index (χ1) is 8.25. The van der Waals surface area contributed by atoms with Gasteiger partial charge in [0.2, 0.25) is 11.9 Å². The van der Waals surface area contributed by atoms with Crippen LogP contribution in [-0.4, -0.2) is 35.0 Å². The molecule has 0 spiro atoms. The second-order valence-corrected chi connectivity index (χ2v) is 4.45. The fourth-order valence-corrected chi connectivity index (χ4v) is 2.72. The maximum Gasteiger partial charge on any atom is 0.225 e. The van der Waals surface area contributed by atoms with Crippen molar-refractivity contribution in [2.75, 3.05) is 18.0 Å². The van der Waals surface area contributed by atoms with Crippen molar-refractivity contribution >= 4 is 11.7 Å².